The van der Waals surface area contributed by atoms with Crippen LogP contribution in [0.25, 0.3) is 0 Å². The standard InChI is InChI=1S/C6H10O2S.Na.H/c1-5(7)8-6(4-9)2-3-6;;/h9H,2-4H2,1H3;;/q;+1;-1. The first-order valence-corrected chi connectivity index (χ1v) is 3.62. The Morgan fingerprint density at radius 3 is 2.40 bits per heavy atom. The van der Waals surface area contributed by atoms with Crippen molar-refractivity contribution in [3.8, 4) is 0 Å². The average Bonchev–Trinajstić information content (AvgIpc) is 2.48. The zero-order chi connectivity index (χ0) is 6.91. The molecule has 0 aromatic heterocycles. The first-order chi connectivity index (χ1) is 4.18. The summed E-state index contributed by atoms with van der Waals surface area (Å²) >= 11 is 4.06. The van der Waals surface area contributed by atoms with Crippen LogP contribution in [0.5, 0.6) is 0 Å². The normalized spacial score (nSPS) is 19.0. The minimum atomic E-state index is -0.193. The van der Waals surface area contributed by atoms with Gasteiger partial charge in [-0.15, -0.1) is 0 Å². The van der Waals surface area contributed by atoms with Crippen molar-refractivity contribution in [1.29, 1.82) is 0 Å². The SMILES string of the molecule is CC(=O)OC1(CS)CC1.[H-].[Na+]. The molecule has 0 N–H and O–H groups in total. The molecule has 0 spiro atoms. The molecule has 0 saturated heterocycles. The summed E-state index contributed by atoms with van der Waals surface area (Å²) in [5.74, 6) is 0.466. The van der Waals surface area contributed by atoms with Crippen LogP contribution in [0.2, 0.25) is 0 Å². The van der Waals surface area contributed by atoms with Gasteiger partial charge in [0, 0.05) is 12.7 Å². The summed E-state index contributed by atoms with van der Waals surface area (Å²) in [5, 5.41) is 0. The third-order valence-electron chi connectivity index (χ3n) is 1.46. The summed E-state index contributed by atoms with van der Waals surface area (Å²) in [4.78, 5) is 10.4. The van der Waals surface area contributed by atoms with Crippen molar-refractivity contribution in [3.63, 3.8) is 0 Å². The maximum Gasteiger partial charge on any atom is 1.00 e. The smallest absolute Gasteiger partial charge is 1.00 e. The Labute approximate surface area is 89.9 Å². The van der Waals surface area contributed by atoms with Gasteiger partial charge in [0.1, 0.15) is 5.60 Å². The maximum absolute atomic E-state index is 10.4. The summed E-state index contributed by atoms with van der Waals surface area (Å²) < 4.78 is 4.98. The van der Waals surface area contributed by atoms with Crippen molar-refractivity contribution < 1.29 is 40.5 Å². The number of esters is 1. The molecule has 0 unspecified atom stereocenters. The van der Waals surface area contributed by atoms with Gasteiger partial charge in [0.15, 0.2) is 0 Å². The Morgan fingerprint density at radius 2 is 2.30 bits per heavy atom. The third kappa shape index (κ3) is 2.82. The molecule has 1 fully saturated rings. The second-order valence-corrected chi connectivity index (χ2v) is 2.75. The molecular weight excluding hydrogens is 159 g/mol. The summed E-state index contributed by atoms with van der Waals surface area (Å²) in [6, 6.07) is 0. The average molecular weight is 170 g/mol. The molecule has 54 valence electrons. The van der Waals surface area contributed by atoms with Gasteiger partial charge in [0.25, 0.3) is 0 Å². The van der Waals surface area contributed by atoms with Gasteiger partial charge < -0.3 is 6.16 Å². The molecule has 0 aliphatic heterocycles. The molecule has 1 aliphatic carbocycles. The minimum absolute atomic E-state index is 0. The van der Waals surface area contributed by atoms with Gasteiger partial charge in [-0.1, -0.05) is 0 Å². The topological polar surface area (TPSA) is 26.3 Å². The summed E-state index contributed by atoms with van der Waals surface area (Å²) in [6.07, 6.45) is 1.96. The molecule has 1 aliphatic rings. The van der Waals surface area contributed by atoms with Gasteiger partial charge in [-0.25, -0.2) is 0 Å². The first kappa shape index (κ1) is 10.8. The molecular formula is C6H11NaO2S. The number of ether oxygens (including phenoxy) is 1. The van der Waals surface area contributed by atoms with Crippen molar-refractivity contribution in [2.75, 3.05) is 5.75 Å². The van der Waals surface area contributed by atoms with Gasteiger partial charge in [-0.3, -0.25) is 4.79 Å². The molecule has 2 nitrogen and oxygen atoms in total. The van der Waals surface area contributed by atoms with Crippen molar-refractivity contribution >= 4 is 18.6 Å². The molecule has 0 aromatic rings. The number of thiol groups is 1. The Bertz CT molecular complexity index is 139. The van der Waals surface area contributed by atoms with Crippen LogP contribution in [0.1, 0.15) is 21.2 Å². The molecule has 0 aromatic carbocycles. The van der Waals surface area contributed by atoms with Crippen LogP contribution >= 0.6 is 12.6 Å². The van der Waals surface area contributed by atoms with E-state index in [4.69, 9.17) is 4.74 Å². The quantitative estimate of drug-likeness (QED) is 0.298. The van der Waals surface area contributed by atoms with Gasteiger partial charge >= 0.3 is 35.5 Å². The number of carbonyl (C=O) groups excluding carboxylic acids is 1. The second kappa shape index (κ2) is 4.00. The van der Waals surface area contributed by atoms with E-state index in [1.54, 1.807) is 0 Å². The van der Waals surface area contributed by atoms with Crippen molar-refractivity contribution in [1.82, 2.24) is 0 Å². The Morgan fingerprint density at radius 1 is 1.80 bits per heavy atom. The van der Waals surface area contributed by atoms with Crippen molar-refractivity contribution in [2.45, 2.75) is 25.4 Å². The molecule has 0 heterocycles. The summed E-state index contributed by atoms with van der Waals surface area (Å²) in [7, 11) is 0. The van der Waals surface area contributed by atoms with Crippen LogP contribution in [-0.4, -0.2) is 17.3 Å². The van der Waals surface area contributed by atoms with E-state index in [1.807, 2.05) is 0 Å². The summed E-state index contributed by atoms with van der Waals surface area (Å²) in [5.41, 5.74) is -0.172. The van der Waals surface area contributed by atoms with Crippen LogP contribution < -0.4 is 29.6 Å². The predicted molar refractivity (Wildman–Crippen MR) is 38.7 cm³/mol. The van der Waals surface area contributed by atoms with Gasteiger partial charge in [0.2, 0.25) is 0 Å². The van der Waals surface area contributed by atoms with E-state index in [1.165, 1.54) is 6.92 Å². The zero-order valence-electron chi connectivity index (χ0n) is 7.39. The van der Waals surface area contributed by atoms with E-state index >= 15 is 0 Å². The number of rotatable bonds is 2. The van der Waals surface area contributed by atoms with E-state index in [0.29, 0.717) is 5.75 Å². The van der Waals surface area contributed by atoms with Gasteiger partial charge in [0.05, 0.1) is 0 Å². The van der Waals surface area contributed by atoms with Crippen molar-refractivity contribution in [3.05, 3.63) is 0 Å². The number of hydrogen-bond donors (Lipinski definition) is 1. The van der Waals surface area contributed by atoms with E-state index in [0.717, 1.165) is 12.8 Å². The van der Waals surface area contributed by atoms with E-state index in [9.17, 15) is 4.79 Å². The minimum Gasteiger partial charge on any atom is -1.00 e. The first-order valence-electron chi connectivity index (χ1n) is 2.99. The van der Waals surface area contributed by atoms with Crippen LogP contribution in [0, 0.1) is 0 Å². The molecule has 4 heteroatoms. The monoisotopic (exact) mass is 170 g/mol. The largest absolute Gasteiger partial charge is 1.00 e. The fourth-order valence-corrected chi connectivity index (χ4v) is 1.12. The molecule has 1 rings (SSSR count). The van der Waals surface area contributed by atoms with E-state index < -0.39 is 0 Å². The molecule has 1 saturated carbocycles. The zero-order valence-corrected chi connectivity index (χ0v) is 9.28. The van der Waals surface area contributed by atoms with Crippen LogP contribution in [-0.2, 0) is 9.53 Å². The molecule has 0 radical (unpaired) electrons. The fourth-order valence-electron chi connectivity index (χ4n) is 0.737. The Hall–Kier alpha value is 0.820. The fraction of sp³-hybridized carbons (Fsp3) is 0.833. The molecule has 0 bridgehead atoms. The molecule has 0 atom stereocenters. The maximum atomic E-state index is 10.4. The Kier molecular flexibility index (Phi) is 4.33. The second-order valence-electron chi connectivity index (χ2n) is 2.43. The molecule has 0 amide bonds. The van der Waals surface area contributed by atoms with Crippen molar-refractivity contribution in [2.24, 2.45) is 0 Å². The van der Waals surface area contributed by atoms with Gasteiger partial charge in [-0.05, 0) is 12.8 Å². The third-order valence-corrected chi connectivity index (χ3v) is 2.03. The van der Waals surface area contributed by atoms with Crippen LogP contribution in [0.15, 0.2) is 0 Å². The Balaban J connectivity index is 0. The summed E-state index contributed by atoms with van der Waals surface area (Å²) in [6.45, 7) is 1.43. The number of carbonyl (C=O) groups is 1. The predicted octanol–water partition coefficient (Wildman–Crippen LogP) is -1.87. The van der Waals surface area contributed by atoms with Crippen LogP contribution in [0.3, 0.4) is 0 Å². The molecule has 10 heavy (non-hydrogen) atoms. The number of hydrogen-bond acceptors (Lipinski definition) is 3. The van der Waals surface area contributed by atoms with Crippen LogP contribution in [0.4, 0.5) is 0 Å². The van der Waals surface area contributed by atoms with Gasteiger partial charge in [-0.2, -0.15) is 12.6 Å². The van der Waals surface area contributed by atoms with E-state index in [-0.39, 0.29) is 42.6 Å². The van der Waals surface area contributed by atoms with E-state index in [2.05, 4.69) is 12.6 Å².